The first-order valence-electron chi connectivity index (χ1n) is 16.5. The number of aryl methyl sites for hydroxylation is 2. The van der Waals surface area contributed by atoms with Gasteiger partial charge in [-0.2, -0.15) is 0 Å². The van der Waals surface area contributed by atoms with Gasteiger partial charge in [0.15, 0.2) is 0 Å². The Balaban J connectivity index is 1.13. The van der Waals surface area contributed by atoms with Crippen molar-refractivity contribution in [2.45, 2.75) is 49.7 Å². The summed E-state index contributed by atoms with van der Waals surface area (Å²) in [5.41, 5.74) is 4.36. The van der Waals surface area contributed by atoms with E-state index in [1.807, 2.05) is 43.3 Å². The van der Waals surface area contributed by atoms with Crippen LogP contribution in [-0.2, 0) is 27.2 Å². The molecule has 5 aromatic rings. The topological polar surface area (TPSA) is 127 Å². The number of thiophene rings is 1. The number of hydrogen-bond acceptors (Lipinski definition) is 8. The first-order chi connectivity index (χ1) is 24.7. The molecule has 2 aromatic heterocycles. The lowest BCUT2D eigenvalue weighted by atomic mass is 9.95. The Hall–Kier alpha value is -5.39. The van der Waals surface area contributed by atoms with Crippen molar-refractivity contribution in [3.05, 3.63) is 130 Å². The molecule has 0 fully saturated rings. The predicted molar refractivity (Wildman–Crippen MR) is 202 cm³/mol. The van der Waals surface area contributed by atoms with E-state index in [1.165, 1.54) is 36.3 Å². The zero-order valence-electron chi connectivity index (χ0n) is 28.4. The first-order valence-corrected chi connectivity index (χ1v) is 18.2. The molecule has 3 amide bonds. The number of rotatable bonds is 11. The lowest BCUT2D eigenvalue weighted by molar-refractivity contribution is -0.115. The Morgan fingerprint density at radius 3 is 2.33 bits per heavy atom. The molecule has 0 saturated carbocycles. The highest BCUT2D eigenvalue weighted by Gasteiger charge is 2.28. The van der Waals surface area contributed by atoms with Crippen LogP contribution >= 0.6 is 23.1 Å². The van der Waals surface area contributed by atoms with Crippen molar-refractivity contribution in [1.29, 1.82) is 0 Å². The number of nitrogens with one attached hydrogen (secondary N) is 3. The summed E-state index contributed by atoms with van der Waals surface area (Å²) in [7, 11) is 1.35. The number of amides is 3. The van der Waals surface area contributed by atoms with Gasteiger partial charge in [-0.05, 0) is 93.6 Å². The van der Waals surface area contributed by atoms with Gasteiger partial charge in [0.25, 0.3) is 11.8 Å². The smallest absolute Gasteiger partial charge is 0.341 e. The number of benzene rings is 3. The Kier molecular flexibility index (Phi) is 11.2. The molecule has 3 N–H and O–H groups in total. The van der Waals surface area contributed by atoms with Crippen molar-refractivity contribution in [3.63, 3.8) is 0 Å². The number of anilines is 2. The van der Waals surface area contributed by atoms with E-state index >= 15 is 0 Å². The molecule has 6 rings (SSSR count). The minimum Gasteiger partial charge on any atom is -0.465 e. The van der Waals surface area contributed by atoms with Crippen molar-refractivity contribution in [2.75, 3.05) is 17.7 Å². The molecule has 1 aliphatic carbocycles. The lowest BCUT2D eigenvalue weighted by Gasteiger charge is -2.14. The zero-order chi connectivity index (χ0) is 35.9. The van der Waals surface area contributed by atoms with Crippen LogP contribution in [0.3, 0.4) is 0 Å². The van der Waals surface area contributed by atoms with Crippen LogP contribution in [0.2, 0.25) is 0 Å². The molecule has 9 nitrogen and oxygen atoms in total. The van der Waals surface area contributed by atoms with Crippen LogP contribution in [0.1, 0.15) is 62.2 Å². The van der Waals surface area contributed by atoms with Crippen LogP contribution in [0.15, 0.2) is 106 Å². The lowest BCUT2D eigenvalue weighted by Crippen LogP contribution is -2.30. The summed E-state index contributed by atoms with van der Waals surface area (Å²) in [6.07, 6.45) is 5.25. The molecule has 1 atom stereocenters. The summed E-state index contributed by atoms with van der Waals surface area (Å²) >= 11 is 2.80. The highest BCUT2D eigenvalue weighted by atomic mass is 32.2. The second-order valence-corrected chi connectivity index (χ2v) is 14.6. The zero-order valence-corrected chi connectivity index (χ0v) is 30.0. The molecule has 1 aliphatic rings. The molecular formula is C40H37N3O6S2. The quantitative estimate of drug-likeness (QED) is 0.0710. The predicted octanol–water partition coefficient (Wildman–Crippen LogP) is 8.51. The molecule has 11 heteroatoms. The van der Waals surface area contributed by atoms with Crippen molar-refractivity contribution in [3.8, 4) is 11.3 Å². The summed E-state index contributed by atoms with van der Waals surface area (Å²) in [5.74, 6) is -0.622. The van der Waals surface area contributed by atoms with Crippen LogP contribution in [0, 0.1) is 6.92 Å². The maximum Gasteiger partial charge on any atom is 0.341 e. The van der Waals surface area contributed by atoms with E-state index in [9.17, 15) is 19.2 Å². The van der Waals surface area contributed by atoms with Gasteiger partial charge >= 0.3 is 5.97 Å². The SMILES string of the molecule is COC(=O)c1c(NC(=O)[C@@H](C)Sc2ccc(NC(=O)/C(=C/c3ccc(-c4ccc(C)cc4)o3)NC(=O)c3ccccc3)cc2)sc2c1CCCC2. The van der Waals surface area contributed by atoms with E-state index < -0.39 is 23.0 Å². The minimum atomic E-state index is -0.541. The van der Waals surface area contributed by atoms with E-state index in [0.717, 1.165) is 52.1 Å². The van der Waals surface area contributed by atoms with Crippen LogP contribution in [0.25, 0.3) is 17.4 Å². The number of thioether (sulfide) groups is 1. The third kappa shape index (κ3) is 8.68. The molecule has 0 saturated heterocycles. The number of furan rings is 1. The number of carbonyl (C=O) groups excluding carboxylic acids is 4. The van der Waals surface area contributed by atoms with E-state index in [-0.39, 0.29) is 11.6 Å². The fraction of sp³-hybridized carbons (Fsp3) is 0.200. The van der Waals surface area contributed by atoms with Gasteiger partial charge in [0.05, 0.1) is 17.9 Å². The molecule has 260 valence electrons. The van der Waals surface area contributed by atoms with Crippen molar-refractivity contribution in [1.82, 2.24) is 5.32 Å². The first kappa shape index (κ1) is 35.4. The number of carbonyl (C=O) groups is 4. The second-order valence-electron chi connectivity index (χ2n) is 12.1. The van der Waals surface area contributed by atoms with Crippen molar-refractivity contribution < 1.29 is 28.3 Å². The van der Waals surface area contributed by atoms with Crippen molar-refractivity contribution >= 4 is 63.6 Å². The number of ether oxygens (including phenoxy) is 1. The van der Waals surface area contributed by atoms with E-state index in [4.69, 9.17) is 9.15 Å². The van der Waals surface area contributed by atoms with Gasteiger partial charge in [0.1, 0.15) is 22.2 Å². The Bertz CT molecular complexity index is 2080. The number of methoxy groups -OCH3 is 1. The van der Waals surface area contributed by atoms with Crippen molar-refractivity contribution in [2.24, 2.45) is 0 Å². The van der Waals surface area contributed by atoms with E-state index in [2.05, 4.69) is 16.0 Å². The van der Waals surface area contributed by atoms with E-state index in [1.54, 1.807) is 61.5 Å². The van der Waals surface area contributed by atoms with Gasteiger partial charge in [-0.25, -0.2) is 4.79 Å². The van der Waals surface area contributed by atoms with Gasteiger partial charge in [0, 0.05) is 32.7 Å². The summed E-state index contributed by atoms with van der Waals surface area (Å²) < 4.78 is 11.1. The average Bonchev–Trinajstić information content (AvgIpc) is 3.76. The molecule has 51 heavy (non-hydrogen) atoms. The Labute approximate surface area is 304 Å². The molecule has 0 spiro atoms. The standard InChI is InChI=1S/C40H37N3O6S2/c1-24-13-15-26(16-14-24)33-22-19-29(49-33)23-32(42-37(45)27-9-5-4-6-10-27)38(46)41-28-17-20-30(21-18-28)50-25(2)36(44)43-39-35(40(47)48-3)31-11-7-8-12-34(31)51-39/h4-6,9-10,13-23,25H,7-8,11-12H2,1-3H3,(H,41,46)(H,42,45)(H,43,44)/b32-23-/t25-/m1/s1. The molecule has 0 bridgehead atoms. The highest BCUT2D eigenvalue weighted by Crippen LogP contribution is 2.39. The maximum absolute atomic E-state index is 13.6. The third-order valence-electron chi connectivity index (χ3n) is 8.37. The summed E-state index contributed by atoms with van der Waals surface area (Å²) in [4.78, 5) is 54.4. The number of esters is 1. The second kappa shape index (κ2) is 16.1. The van der Waals surface area contributed by atoms with Crippen LogP contribution in [0.4, 0.5) is 10.7 Å². The fourth-order valence-electron chi connectivity index (χ4n) is 5.65. The Morgan fingerprint density at radius 2 is 1.61 bits per heavy atom. The molecule has 2 heterocycles. The number of hydrogen-bond donors (Lipinski definition) is 3. The van der Waals surface area contributed by atoms with E-state index in [0.29, 0.717) is 33.3 Å². The van der Waals surface area contributed by atoms with Crippen LogP contribution < -0.4 is 16.0 Å². The highest BCUT2D eigenvalue weighted by molar-refractivity contribution is 8.00. The van der Waals surface area contributed by atoms with Crippen LogP contribution in [-0.4, -0.2) is 36.1 Å². The maximum atomic E-state index is 13.6. The molecule has 0 unspecified atom stereocenters. The summed E-state index contributed by atoms with van der Waals surface area (Å²) in [5, 5.41) is 8.61. The van der Waals surface area contributed by atoms with Gasteiger partial charge in [0.2, 0.25) is 5.91 Å². The fourth-order valence-corrected chi connectivity index (χ4v) is 7.79. The molecule has 0 aliphatic heterocycles. The number of fused-ring (bicyclic) bond motifs is 1. The minimum absolute atomic E-state index is 0.000940. The summed E-state index contributed by atoms with van der Waals surface area (Å²) in [6, 6.07) is 27.1. The molecule has 3 aromatic carbocycles. The normalized spacial score (nSPS) is 13.1. The van der Waals surface area contributed by atoms with Gasteiger partial charge in [-0.1, -0.05) is 48.0 Å². The third-order valence-corrected chi connectivity index (χ3v) is 10.7. The monoisotopic (exact) mass is 719 g/mol. The average molecular weight is 720 g/mol. The van der Waals surface area contributed by atoms with Gasteiger partial charge < -0.3 is 25.1 Å². The van der Waals surface area contributed by atoms with Crippen LogP contribution in [0.5, 0.6) is 0 Å². The molecular weight excluding hydrogens is 683 g/mol. The molecule has 0 radical (unpaired) electrons. The largest absolute Gasteiger partial charge is 0.465 e. The summed E-state index contributed by atoms with van der Waals surface area (Å²) in [6.45, 7) is 3.81. The Morgan fingerprint density at radius 1 is 0.882 bits per heavy atom. The van der Waals surface area contributed by atoms with Gasteiger partial charge in [-0.15, -0.1) is 23.1 Å². The van der Waals surface area contributed by atoms with Gasteiger partial charge in [-0.3, -0.25) is 14.4 Å².